The average Bonchev–Trinajstić information content (AvgIpc) is 3.34. The van der Waals surface area contributed by atoms with E-state index < -0.39 is 23.0 Å². The van der Waals surface area contributed by atoms with Crippen LogP contribution in [-0.4, -0.2) is 56.3 Å². The number of nitrogens with two attached hydrogens (primary N) is 1. The van der Waals surface area contributed by atoms with Crippen LogP contribution >= 0.6 is 0 Å². The Morgan fingerprint density at radius 1 is 1.22 bits per heavy atom. The van der Waals surface area contributed by atoms with Crippen molar-refractivity contribution >= 4 is 50.3 Å². The number of H-pyrrole nitrogens is 1. The van der Waals surface area contributed by atoms with Gasteiger partial charge in [-0.2, -0.15) is 0 Å². The van der Waals surface area contributed by atoms with Crippen LogP contribution in [0.2, 0.25) is 0 Å². The molecule has 1 saturated carbocycles. The molecule has 1 unspecified atom stereocenters. The number of nitrogens with zero attached hydrogens (tertiary/aromatic N) is 4. The summed E-state index contributed by atoms with van der Waals surface area (Å²) in [6.07, 6.45) is 7.19. The van der Waals surface area contributed by atoms with Gasteiger partial charge in [0.1, 0.15) is 16.9 Å². The van der Waals surface area contributed by atoms with Gasteiger partial charge in [-0.3, -0.25) is 4.79 Å². The quantitative estimate of drug-likeness (QED) is 0.254. The Morgan fingerprint density at radius 2 is 2.00 bits per heavy atom. The highest BCUT2D eigenvalue weighted by Crippen LogP contribution is 2.48. The molecule has 5 N–H and O–H groups in total. The molecule has 1 saturated heterocycles. The van der Waals surface area contributed by atoms with Crippen LogP contribution in [0.1, 0.15) is 29.6 Å². The molecular formula is C29H27F2N7O3. The summed E-state index contributed by atoms with van der Waals surface area (Å²) >= 11 is 0. The molecular weight excluding hydrogens is 532 g/mol. The van der Waals surface area contributed by atoms with Gasteiger partial charge >= 0.3 is 5.97 Å². The number of benzene rings is 1. The van der Waals surface area contributed by atoms with Gasteiger partial charge in [0.25, 0.3) is 0 Å². The van der Waals surface area contributed by atoms with E-state index in [0.717, 1.165) is 25.3 Å². The van der Waals surface area contributed by atoms with Crippen molar-refractivity contribution < 1.29 is 18.7 Å². The number of hydrogen-bond acceptors (Lipinski definition) is 7. The van der Waals surface area contributed by atoms with Crippen molar-refractivity contribution in [3.8, 4) is 11.1 Å². The topological polar surface area (TPSA) is 142 Å². The van der Waals surface area contributed by atoms with Gasteiger partial charge in [-0.05, 0) is 31.2 Å². The molecule has 1 atom stereocenters. The van der Waals surface area contributed by atoms with Gasteiger partial charge < -0.3 is 30.6 Å². The van der Waals surface area contributed by atoms with Crippen LogP contribution < -0.4 is 21.4 Å². The number of hydrogen-bond donors (Lipinski definition) is 4. The highest BCUT2D eigenvalue weighted by Gasteiger charge is 2.48. The Bertz CT molecular complexity index is 2000. The largest absolute Gasteiger partial charge is 0.477 e. The Hall–Kier alpha value is -4.58. The van der Waals surface area contributed by atoms with Crippen LogP contribution in [-0.2, 0) is 7.05 Å². The van der Waals surface area contributed by atoms with Crippen LogP contribution in [0.3, 0.4) is 0 Å². The van der Waals surface area contributed by atoms with Crippen molar-refractivity contribution in [2.45, 2.75) is 24.8 Å². The summed E-state index contributed by atoms with van der Waals surface area (Å²) in [6.45, 7) is 1.27. The smallest absolute Gasteiger partial charge is 0.341 e. The monoisotopic (exact) mass is 559 g/mol. The van der Waals surface area contributed by atoms with Crippen molar-refractivity contribution in [3.05, 3.63) is 58.1 Å². The molecule has 12 heteroatoms. The van der Waals surface area contributed by atoms with E-state index in [1.54, 1.807) is 32.6 Å². The minimum atomic E-state index is -1.34. The maximum Gasteiger partial charge on any atom is 0.341 e. The third kappa shape index (κ3) is 3.70. The second-order valence-corrected chi connectivity index (χ2v) is 11.1. The van der Waals surface area contributed by atoms with Crippen molar-refractivity contribution in [2.24, 2.45) is 18.7 Å². The van der Waals surface area contributed by atoms with E-state index in [9.17, 15) is 19.1 Å². The number of aromatic carboxylic acids is 1. The van der Waals surface area contributed by atoms with Gasteiger partial charge in [-0.1, -0.05) is 0 Å². The second kappa shape index (κ2) is 8.71. The van der Waals surface area contributed by atoms with E-state index in [-0.39, 0.29) is 27.8 Å². The molecule has 0 radical (unpaired) electrons. The molecule has 1 aliphatic carbocycles. The number of carboxylic acids is 1. The Morgan fingerprint density at radius 3 is 2.71 bits per heavy atom. The first-order valence-corrected chi connectivity index (χ1v) is 13.4. The van der Waals surface area contributed by atoms with E-state index in [1.807, 2.05) is 0 Å². The first-order valence-electron chi connectivity index (χ1n) is 13.4. The molecule has 10 nitrogen and oxygen atoms in total. The van der Waals surface area contributed by atoms with Crippen LogP contribution in [0.25, 0.3) is 44.1 Å². The lowest BCUT2D eigenvalue weighted by atomic mass is 9.97. The number of aromatic amines is 1. The standard InChI is InChI=1S/C29H27F2N7O3/c1-33-19-8-18(30)22(31)20-21-24(38-6-3-14(11-38)29(32)4-5-29)16(10-34-26(21)36-23(19)20)13-7-15-25(39)17(28(40)41)12-37(2)27(15)35-9-13/h7-10,12,14,33H,3-6,11,32H2,1-2H3,(H,34,36)(H,40,41). The number of nitrogens with one attached hydrogen (secondary N) is 2. The third-order valence-electron chi connectivity index (χ3n) is 8.73. The maximum absolute atomic E-state index is 15.6. The summed E-state index contributed by atoms with van der Waals surface area (Å²) in [5, 5.41) is 13.1. The first kappa shape index (κ1) is 25.4. The van der Waals surface area contributed by atoms with Crippen LogP contribution in [0.5, 0.6) is 0 Å². The van der Waals surface area contributed by atoms with Crippen LogP contribution in [0.4, 0.5) is 20.2 Å². The van der Waals surface area contributed by atoms with E-state index in [2.05, 4.69) is 25.2 Å². The van der Waals surface area contributed by atoms with Gasteiger partial charge in [0.2, 0.25) is 5.43 Å². The molecule has 1 aliphatic heterocycles. The van der Waals surface area contributed by atoms with Gasteiger partial charge in [-0.25, -0.2) is 23.5 Å². The fraction of sp³-hybridized carbons (Fsp3) is 0.310. The second-order valence-electron chi connectivity index (χ2n) is 11.1. The molecule has 5 aromatic rings. The molecule has 2 aliphatic rings. The zero-order chi connectivity index (χ0) is 28.8. The maximum atomic E-state index is 15.6. The van der Waals surface area contributed by atoms with Crippen LogP contribution in [0.15, 0.2) is 35.5 Å². The zero-order valence-electron chi connectivity index (χ0n) is 22.4. The summed E-state index contributed by atoms with van der Waals surface area (Å²) in [5.74, 6) is -3.08. The lowest BCUT2D eigenvalue weighted by Gasteiger charge is -2.25. The van der Waals surface area contributed by atoms with Gasteiger partial charge in [-0.15, -0.1) is 0 Å². The average molecular weight is 560 g/mol. The molecule has 7 rings (SSSR count). The van der Waals surface area contributed by atoms with Crippen molar-refractivity contribution in [2.75, 3.05) is 30.4 Å². The fourth-order valence-electron chi connectivity index (χ4n) is 6.33. The molecule has 0 amide bonds. The highest BCUT2D eigenvalue weighted by atomic mass is 19.2. The molecule has 0 spiro atoms. The normalized spacial score (nSPS) is 18.1. The summed E-state index contributed by atoms with van der Waals surface area (Å²) in [6, 6.07) is 2.70. The number of pyridine rings is 3. The highest BCUT2D eigenvalue weighted by molar-refractivity contribution is 6.18. The van der Waals surface area contributed by atoms with E-state index in [0.29, 0.717) is 57.8 Å². The Balaban J connectivity index is 1.54. The molecule has 210 valence electrons. The summed E-state index contributed by atoms with van der Waals surface area (Å²) < 4.78 is 31.9. The Kier molecular flexibility index (Phi) is 5.39. The summed E-state index contributed by atoms with van der Waals surface area (Å²) in [4.78, 5) is 39.2. The van der Waals surface area contributed by atoms with E-state index in [1.165, 1.54) is 10.8 Å². The molecule has 2 fully saturated rings. The van der Waals surface area contributed by atoms with E-state index in [4.69, 9.17) is 5.73 Å². The Labute approximate surface area is 231 Å². The van der Waals surface area contributed by atoms with E-state index >= 15 is 4.39 Å². The number of carboxylic acid groups (broad SMARTS) is 1. The predicted molar refractivity (Wildman–Crippen MR) is 152 cm³/mol. The number of fused-ring (bicyclic) bond motifs is 4. The number of rotatable bonds is 5. The number of anilines is 2. The zero-order valence-corrected chi connectivity index (χ0v) is 22.4. The molecule has 4 aromatic heterocycles. The van der Waals surface area contributed by atoms with Crippen molar-refractivity contribution in [3.63, 3.8) is 0 Å². The summed E-state index contributed by atoms with van der Waals surface area (Å²) in [7, 11) is 3.25. The number of carbonyl (C=O) groups is 1. The molecule has 1 aromatic carbocycles. The first-order chi connectivity index (χ1) is 19.6. The minimum Gasteiger partial charge on any atom is -0.477 e. The van der Waals surface area contributed by atoms with Gasteiger partial charge in [0.15, 0.2) is 11.6 Å². The fourth-order valence-corrected chi connectivity index (χ4v) is 6.33. The summed E-state index contributed by atoms with van der Waals surface area (Å²) in [5.41, 5.74) is 8.50. The SMILES string of the molecule is CNc1cc(F)c(F)c2c1[nH]c1ncc(-c3cnc4c(c3)c(=O)c(C(=O)O)cn4C)c(N3CCC(C4(N)CC4)C3)c12. The number of halogens is 2. The molecule has 41 heavy (non-hydrogen) atoms. The third-order valence-corrected chi connectivity index (χ3v) is 8.73. The predicted octanol–water partition coefficient (Wildman–Crippen LogP) is 3.97. The lowest BCUT2D eigenvalue weighted by molar-refractivity contribution is 0.0695. The number of aromatic nitrogens is 4. The molecule has 5 heterocycles. The van der Waals surface area contributed by atoms with Crippen molar-refractivity contribution in [1.82, 2.24) is 19.5 Å². The van der Waals surface area contributed by atoms with Crippen molar-refractivity contribution in [1.29, 1.82) is 0 Å². The lowest BCUT2D eigenvalue weighted by Crippen LogP contribution is -2.34. The molecule has 0 bridgehead atoms. The van der Waals surface area contributed by atoms with Crippen LogP contribution in [0, 0.1) is 17.6 Å². The van der Waals surface area contributed by atoms with Gasteiger partial charge in [0.05, 0.1) is 33.1 Å². The number of aryl methyl sites for hydroxylation is 1. The minimum absolute atomic E-state index is 0.0730. The van der Waals surface area contributed by atoms with Gasteiger partial charge in [0, 0.05) is 68.5 Å².